The summed E-state index contributed by atoms with van der Waals surface area (Å²) in [5.74, 6) is 1.19. The van der Waals surface area contributed by atoms with Crippen LogP contribution < -0.4 is 15.8 Å². The molecule has 1 heterocycles. The normalized spacial score (nSPS) is 19.6. The van der Waals surface area contributed by atoms with Gasteiger partial charge in [0.15, 0.2) is 0 Å². The molecule has 0 saturated carbocycles. The third-order valence-electron chi connectivity index (χ3n) is 3.68. The SMILES string of the molecule is COc1ccccc1NC(=O)CN1CCCC(CN)C1. The highest BCUT2D eigenvalue weighted by Gasteiger charge is 2.20. The molecule has 5 nitrogen and oxygen atoms in total. The second-order valence-electron chi connectivity index (χ2n) is 5.23. The van der Waals surface area contributed by atoms with Gasteiger partial charge in [-0.05, 0) is 44.0 Å². The van der Waals surface area contributed by atoms with Crippen LogP contribution in [0.15, 0.2) is 24.3 Å². The van der Waals surface area contributed by atoms with Crippen LogP contribution in [0.4, 0.5) is 5.69 Å². The Morgan fingerprint density at radius 1 is 1.50 bits per heavy atom. The lowest BCUT2D eigenvalue weighted by molar-refractivity contribution is -0.117. The van der Waals surface area contributed by atoms with Crippen LogP contribution in [0, 0.1) is 5.92 Å². The lowest BCUT2D eigenvalue weighted by Crippen LogP contribution is -2.42. The Balaban J connectivity index is 1.89. The Kier molecular flexibility index (Phi) is 5.38. The van der Waals surface area contributed by atoms with Gasteiger partial charge in [0.1, 0.15) is 5.75 Å². The lowest BCUT2D eigenvalue weighted by atomic mass is 9.98. The molecule has 1 amide bonds. The Hall–Kier alpha value is -1.59. The number of likely N-dealkylation sites (tertiary alicyclic amines) is 1. The zero-order valence-corrected chi connectivity index (χ0v) is 12.0. The van der Waals surface area contributed by atoms with Gasteiger partial charge in [0.2, 0.25) is 5.91 Å². The van der Waals surface area contributed by atoms with Gasteiger partial charge in [0.25, 0.3) is 0 Å². The first-order valence-corrected chi connectivity index (χ1v) is 7.08. The Morgan fingerprint density at radius 3 is 3.05 bits per heavy atom. The number of hydrogen-bond acceptors (Lipinski definition) is 4. The Labute approximate surface area is 120 Å². The molecule has 0 radical (unpaired) electrons. The van der Waals surface area contributed by atoms with Crippen LogP contribution in [0.5, 0.6) is 5.75 Å². The Bertz CT molecular complexity index is 450. The minimum absolute atomic E-state index is 0.00725. The molecule has 1 atom stereocenters. The number of nitrogens with two attached hydrogens (primary N) is 1. The first kappa shape index (κ1) is 14.8. The van der Waals surface area contributed by atoms with E-state index in [1.54, 1.807) is 7.11 Å². The van der Waals surface area contributed by atoms with Crippen LogP contribution >= 0.6 is 0 Å². The number of nitrogens with zero attached hydrogens (tertiary/aromatic N) is 1. The summed E-state index contributed by atoms with van der Waals surface area (Å²) < 4.78 is 5.23. The number of methoxy groups -OCH3 is 1. The number of benzene rings is 1. The van der Waals surface area contributed by atoms with Gasteiger partial charge in [0.05, 0.1) is 19.3 Å². The number of carbonyl (C=O) groups is 1. The maximum Gasteiger partial charge on any atom is 0.238 e. The molecule has 0 spiro atoms. The molecule has 0 bridgehead atoms. The number of anilines is 1. The van der Waals surface area contributed by atoms with E-state index < -0.39 is 0 Å². The molecule has 0 aliphatic carbocycles. The molecular formula is C15H23N3O2. The maximum absolute atomic E-state index is 12.1. The van der Waals surface area contributed by atoms with Crippen molar-refractivity contribution in [1.29, 1.82) is 0 Å². The molecule has 2 rings (SSSR count). The molecular weight excluding hydrogens is 254 g/mol. The van der Waals surface area contributed by atoms with Gasteiger partial charge in [-0.25, -0.2) is 0 Å². The second-order valence-corrected chi connectivity index (χ2v) is 5.23. The van der Waals surface area contributed by atoms with E-state index >= 15 is 0 Å². The van der Waals surface area contributed by atoms with Gasteiger partial charge in [-0.3, -0.25) is 9.69 Å². The van der Waals surface area contributed by atoms with Crippen molar-refractivity contribution in [3.05, 3.63) is 24.3 Å². The highest BCUT2D eigenvalue weighted by molar-refractivity contribution is 5.93. The molecule has 1 saturated heterocycles. The fraction of sp³-hybridized carbons (Fsp3) is 0.533. The first-order chi connectivity index (χ1) is 9.72. The van der Waals surface area contributed by atoms with E-state index in [2.05, 4.69) is 10.2 Å². The van der Waals surface area contributed by atoms with Gasteiger partial charge < -0.3 is 15.8 Å². The van der Waals surface area contributed by atoms with E-state index in [4.69, 9.17) is 10.5 Å². The van der Waals surface area contributed by atoms with Crippen molar-refractivity contribution in [2.45, 2.75) is 12.8 Å². The van der Waals surface area contributed by atoms with Crippen LogP contribution in [0.3, 0.4) is 0 Å². The second kappa shape index (κ2) is 7.26. The fourth-order valence-electron chi connectivity index (χ4n) is 2.63. The van der Waals surface area contributed by atoms with Gasteiger partial charge >= 0.3 is 0 Å². The highest BCUT2D eigenvalue weighted by Crippen LogP contribution is 2.23. The topological polar surface area (TPSA) is 67.6 Å². The fourth-order valence-corrected chi connectivity index (χ4v) is 2.63. The number of piperidine rings is 1. The van der Waals surface area contributed by atoms with Gasteiger partial charge in [-0.2, -0.15) is 0 Å². The number of para-hydroxylation sites is 2. The van der Waals surface area contributed by atoms with E-state index in [1.165, 1.54) is 6.42 Å². The summed E-state index contributed by atoms with van der Waals surface area (Å²) in [5, 5.41) is 2.90. The average Bonchev–Trinajstić information content (AvgIpc) is 2.48. The Morgan fingerprint density at radius 2 is 2.30 bits per heavy atom. The van der Waals surface area contributed by atoms with Crippen LogP contribution in [-0.2, 0) is 4.79 Å². The van der Waals surface area contributed by atoms with Gasteiger partial charge in [-0.15, -0.1) is 0 Å². The molecule has 1 aromatic carbocycles. The van der Waals surface area contributed by atoms with E-state index in [1.807, 2.05) is 24.3 Å². The summed E-state index contributed by atoms with van der Waals surface area (Å²) in [6.45, 7) is 2.99. The lowest BCUT2D eigenvalue weighted by Gasteiger charge is -2.31. The third-order valence-corrected chi connectivity index (χ3v) is 3.68. The van der Waals surface area contributed by atoms with E-state index in [9.17, 15) is 4.79 Å². The molecule has 20 heavy (non-hydrogen) atoms. The molecule has 1 unspecified atom stereocenters. The molecule has 3 N–H and O–H groups in total. The van der Waals surface area contributed by atoms with Crippen LogP contribution in [-0.4, -0.2) is 44.1 Å². The number of rotatable bonds is 5. The smallest absolute Gasteiger partial charge is 0.238 e. The highest BCUT2D eigenvalue weighted by atomic mass is 16.5. The number of amides is 1. The summed E-state index contributed by atoms with van der Waals surface area (Å²) in [6.07, 6.45) is 2.28. The monoisotopic (exact) mass is 277 g/mol. The average molecular weight is 277 g/mol. The van der Waals surface area contributed by atoms with Crippen molar-refractivity contribution in [3.63, 3.8) is 0 Å². The summed E-state index contributed by atoms with van der Waals surface area (Å²) in [6, 6.07) is 7.44. The maximum atomic E-state index is 12.1. The van der Waals surface area contributed by atoms with E-state index in [0.29, 0.717) is 30.4 Å². The molecule has 1 aliphatic heterocycles. The van der Waals surface area contributed by atoms with Crippen molar-refractivity contribution < 1.29 is 9.53 Å². The standard InChI is InChI=1S/C15H23N3O2/c1-20-14-7-3-2-6-13(14)17-15(19)11-18-8-4-5-12(9-16)10-18/h2-3,6-7,12H,4-5,8-11,16H2,1H3,(H,17,19). The molecule has 1 aliphatic rings. The van der Waals surface area contributed by atoms with Crippen molar-refractivity contribution in [2.75, 3.05) is 38.6 Å². The van der Waals surface area contributed by atoms with Crippen LogP contribution in [0.2, 0.25) is 0 Å². The number of hydrogen-bond donors (Lipinski definition) is 2. The number of nitrogens with one attached hydrogen (secondary N) is 1. The van der Waals surface area contributed by atoms with E-state index in [-0.39, 0.29) is 5.91 Å². The van der Waals surface area contributed by atoms with Crippen LogP contribution in [0.25, 0.3) is 0 Å². The largest absolute Gasteiger partial charge is 0.495 e. The summed E-state index contributed by atoms with van der Waals surface area (Å²) in [5.41, 5.74) is 6.43. The van der Waals surface area contributed by atoms with Crippen LogP contribution in [0.1, 0.15) is 12.8 Å². The van der Waals surface area contributed by atoms with Gasteiger partial charge in [-0.1, -0.05) is 12.1 Å². The molecule has 1 aromatic rings. The molecule has 0 aromatic heterocycles. The molecule has 5 heteroatoms. The summed E-state index contributed by atoms with van der Waals surface area (Å²) in [4.78, 5) is 14.3. The molecule has 1 fully saturated rings. The number of ether oxygens (including phenoxy) is 1. The quantitative estimate of drug-likeness (QED) is 0.851. The predicted octanol–water partition coefficient (Wildman–Crippen LogP) is 1.30. The minimum Gasteiger partial charge on any atom is -0.495 e. The van der Waals surface area contributed by atoms with E-state index in [0.717, 1.165) is 19.5 Å². The first-order valence-electron chi connectivity index (χ1n) is 7.08. The predicted molar refractivity (Wildman–Crippen MR) is 79.8 cm³/mol. The van der Waals surface area contributed by atoms with Crippen molar-refractivity contribution in [3.8, 4) is 5.75 Å². The van der Waals surface area contributed by atoms with Gasteiger partial charge in [0, 0.05) is 6.54 Å². The minimum atomic E-state index is -0.00725. The van der Waals surface area contributed by atoms with Crippen molar-refractivity contribution in [1.82, 2.24) is 4.90 Å². The zero-order chi connectivity index (χ0) is 14.4. The number of carbonyl (C=O) groups excluding carboxylic acids is 1. The molecule has 110 valence electrons. The van der Waals surface area contributed by atoms with Crippen molar-refractivity contribution in [2.24, 2.45) is 11.7 Å². The summed E-state index contributed by atoms with van der Waals surface area (Å²) >= 11 is 0. The summed E-state index contributed by atoms with van der Waals surface area (Å²) in [7, 11) is 1.60. The third kappa shape index (κ3) is 3.95. The van der Waals surface area contributed by atoms with Crippen molar-refractivity contribution >= 4 is 11.6 Å². The zero-order valence-electron chi connectivity index (χ0n) is 12.0.